The van der Waals surface area contributed by atoms with E-state index >= 15 is 0 Å². The Hall–Kier alpha value is -1.42. The molecule has 114 valence electrons. The van der Waals surface area contributed by atoms with Crippen LogP contribution in [0.3, 0.4) is 0 Å². The van der Waals surface area contributed by atoms with Crippen molar-refractivity contribution in [2.75, 3.05) is 25.1 Å². The molecule has 0 aromatic heterocycles. The molecule has 1 fully saturated rings. The summed E-state index contributed by atoms with van der Waals surface area (Å²) in [5.41, 5.74) is 6.41. The quantitative estimate of drug-likeness (QED) is 0.837. The highest BCUT2D eigenvalue weighted by Crippen LogP contribution is 2.20. The molecule has 1 unspecified atom stereocenters. The number of nitrogens with zero attached hydrogens (tertiary/aromatic N) is 1. The van der Waals surface area contributed by atoms with Gasteiger partial charge in [-0.2, -0.15) is 0 Å². The summed E-state index contributed by atoms with van der Waals surface area (Å²) in [4.78, 5) is 1.90. The van der Waals surface area contributed by atoms with Crippen LogP contribution in [0.1, 0.15) is 17.5 Å². The Kier molecular flexibility index (Phi) is 4.99. The number of hydrogen-bond acceptors (Lipinski definition) is 4. The average molecular weight is 310 g/mol. The van der Waals surface area contributed by atoms with Gasteiger partial charge in [-0.3, -0.25) is 4.90 Å². The summed E-state index contributed by atoms with van der Waals surface area (Å²) >= 11 is 0. The van der Waals surface area contributed by atoms with Gasteiger partial charge in [-0.25, -0.2) is 12.8 Å². The monoisotopic (exact) mass is 310 g/mol. The van der Waals surface area contributed by atoms with Crippen LogP contribution in [0.25, 0.3) is 0 Å². The number of halogens is 1. The Balaban J connectivity index is 2.06. The van der Waals surface area contributed by atoms with Crippen molar-refractivity contribution in [3.8, 4) is 11.8 Å². The fourth-order valence-corrected chi connectivity index (χ4v) is 4.23. The van der Waals surface area contributed by atoms with Gasteiger partial charge in [-0.1, -0.05) is 17.9 Å². The zero-order valence-corrected chi connectivity index (χ0v) is 12.8. The van der Waals surface area contributed by atoms with E-state index in [0.717, 1.165) is 0 Å². The predicted molar refractivity (Wildman–Crippen MR) is 80.9 cm³/mol. The van der Waals surface area contributed by atoms with Crippen molar-refractivity contribution in [2.24, 2.45) is 5.73 Å². The number of benzene rings is 1. The van der Waals surface area contributed by atoms with Crippen LogP contribution < -0.4 is 5.73 Å². The van der Waals surface area contributed by atoms with E-state index < -0.39 is 9.84 Å². The molecule has 0 bridgehead atoms. The molecule has 4 nitrogen and oxygen atoms in total. The summed E-state index contributed by atoms with van der Waals surface area (Å²) in [6, 6.07) is 4.79. The molecule has 1 saturated heterocycles. The molecule has 1 aliphatic rings. The second-order valence-electron chi connectivity index (χ2n) is 5.28. The lowest BCUT2D eigenvalue weighted by atomic mass is 10.1. The SMILES string of the molecule is CN(Cc1ccc(C#CCN)cc1F)C1CCS(=O)(=O)C1. The molecule has 0 radical (unpaired) electrons. The highest BCUT2D eigenvalue weighted by molar-refractivity contribution is 7.91. The molecule has 0 spiro atoms. The highest BCUT2D eigenvalue weighted by Gasteiger charge is 2.30. The van der Waals surface area contributed by atoms with Gasteiger partial charge in [0.15, 0.2) is 9.84 Å². The first-order valence-corrected chi connectivity index (χ1v) is 8.61. The van der Waals surface area contributed by atoms with Crippen LogP contribution in [-0.4, -0.2) is 44.5 Å². The van der Waals surface area contributed by atoms with Crippen molar-refractivity contribution in [3.05, 3.63) is 35.1 Å². The molecule has 21 heavy (non-hydrogen) atoms. The summed E-state index contributed by atoms with van der Waals surface area (Å²) in [5.74, 6) is 5.51. The number of hydrogen-bond donors (Lipinski definition) is 1. The van der Waals surface area contributed by atoms with Crippen molar-refractivity contribution in [1.29, 1.82) is 0 Å². The van der Waals surface area contributed by atoms with Gasteiger partial charge in [0.1, 0.15) is 5.82 Å². The van der Waals surface area contributed by atoms with E-state index in [9.17, 15) is 12.8 Å². The predicted octanol–water partition coefficient (Wildman–Crippen LogP) is 0.755. The first kappa shape index (κ1) is 16.0. The summed E-state index contributed by atoms with van der Waals surface area (Å²) in [6.45, 7) is 0.624. The molecule has 2 rings (SSSR count). The molecular weight excluding hydrogens is 291 g/mol. The lowest BCUT2D eigenvalue weighted by Gasteiger charge is -2.23. The van der Waals surface area contributed by atoms with Crippen LogP contribution in [0.2, 0.25) is 0 Å². The van der Waals surface area contributed by atoms with E-state index in [4.69, 9.17) is 5.73 Å². The molecule has 6 heteroatoms. The molecule has 1 aromatic rings. The van der Waals surface area contributed by atoms with Crippen LogP contribution in [0.5, 0.6) is 0 Å². The van der Waals surface area contributed by atoms with E-state index in [1.807, 2.05) is 11.9 Å². The summed E-state index contributed by atoms with van der Waals surface area (Å²) in [6.07, 6.45) is 0.612. The van der Waals surface area contributed by atoms with Gasteiger partial charge in [-0.15, -0.1) is 0 Å². The van der Waals surface area contributed by atoms with Crippen molar-refractivity contribution in [1.82, 2.24) is 4.90 Å². The molecule has 2 N–H and O–H groups in total. The third-order valence-electron chi connectivity index (χ3n) is 3.64. The van der Waals surface area contributed by atoms with Crippen LogP contribution in [-0.2, 0) is 16.4 Å². The summed E-state index contributed by atoms with van der Waals surface area (Å²) < 4.78 is 37.0. The number of sulfone groups is 1. The molecule has 1 aromatic carbocycles. The van der Waals surface area contributed by atoms with Crippen molar-refractivity contribution >= 4 is 9.84 Å². The Morgan fingerprint density at radius 2 is 2.24 bits per heavy atom. The molecule has 0 amide bonds. The maximum absolute atomic E-state index is 14.0. The minimum atomic E-state index is -2.93. The van der Waals surface area contributed by atoms with Crippen LogP contribution in [0.4, 0.5) is 4.39 Å². The highest BCUT2D eigenvalue weighted by atomic mass is 32.2. The molecule has 1 aliphatic heterocycles. The zero-order chi connectivity index (χ0) is 15.5. The van der Waals surface area contributed by atoms with Gasteiger partial charge in [-0.05, 0) is 25.6 Å². The topological polar surface area (TPSA) is 63.4 Å². The second kappa shape index (κ2) is 6.56. The van der Waals surface area contributed by atoms with Gasteiger partial charge in [0.25, 0.3) is 0 Å². The molecule has 0 aliphatic carbocycles. The Morgan fingerprint density at radius 3 is 2.81 bits per heavy atom. The first-order valence-electron chi connectivity index (χ1n) is 6.79. The van der Waals surface area contributed by atoms with Crippen LogP contribution in [0, 0.1) is 17.7 Å². The number of nitrogens with two attached hydrogens (primary N) is 1. The van der Waals surface area contributed by atoms with Crippen molar-refractivity contribution < 1.29 is 12.8 Å². The normalized spacial score (nSPS) is 20.3. The maximum atomic E-state index is 14.0. The third kappa shape index (κ3) is 4.27. The van der Waals surface area contributed by atoms with E-state index in [0.29, 0.717) is 24.1 Å². The Bertz CT molecular complexity index is 677. The fourth-order valence-electron chi connectivity index (χ4n) is 2.43. The summed E-state index contributed by atoms with van der Waals surface area (Å²) in [7, 11) is -1.10. The van der Waals surface area contributed by atoms with Gasteiger partial charge in [0, 0.05) is 23.7 Å². The molecule has 1 heterocycles. The van der Waals surface area contributed by atoms with E-state index in [2.05, 4.69) is 11.8 Å². The van der Waals surface area contributed by atoms with Gasteiger partial charge >= 0.3 is 0 Å². The molecular formula is C15H19FN2O2S. The fraction of sp³-hybridized carbons (Fsp3) is 0.467. The second-order valence-corrected chi connectivity index (χ2v) is 7.51. The Morgan fingerprint density at radius 1 is 1.48 bits per heavy atom. The van der Waals surface area contributed by atoms with E-state index in [1.165, 1.54) is 6.07 Å². The average Bonchev–Trinajstić information content (AvgIpc) is 2.79. The maximum Gasteiger partial charge on any atom is 0.151 e. The molecule has 0 saturated carbocycles. The smallest absolute Gasteiger partial charge is 0.151 e. The lowest BCUT2D eigenvalue weighted by molar-refractivity contribution is 0.250. The first-order chi connectivity index (χ1) is 9.91. The van der Waals surface area contributed by atoms with Crippen molar-refractivity contribution in [2.45, 2.75) is 19.0 Å². The standard InChI is InChI=1S/C15H19FN2O2S/c1-18(14-6-8-21(19,20)11-14)10-13-5-4-12(3-2-7-17)9-15(13)16/h4-5,9,14H,6-8,10-11,17H2,1H3. The van der Waals surface area contributed by atoms with Crippen LogP contribution in [0.15, 0.2) is 18.2 Å². The Labute approximate surface area is 125 Å². The largest absolute Gasteiger partial charge is 0.320 e. The molecule has 1 atom stereocenters. The van der Waals surface area contributed by atoms with E-state index in [-0.39, 0.29) is 29.9 Å². The lowest BCUT2D eigenvalue weighted by Crippen LogP contribution is -2.32. The summed E-state index contributed by atoms with van der Waals surface area (Å²) in [5, 5.41) is 0. The van der Waals surface area contributed by atoms with Gasteiger partial charge in [0.2, 0.25) is 0 Å². The van der Waals surface area contributed by atoms with Crippen LogP contribution >= 0.6 is 0 Å². The zero-order valence-electron chi connectivity index (χ0n) is 12.0. The van der Waals surface area contributed by atoms with E-state index in [1.54, 1.807) is 12.1 Å². The minimum absolute atomic E-state index is 0.0360. The number of rotatable bonds is 3. The minimum Gasteiger partial charge on any atom is -0.320 e. The van der Waals surface area contributed by atoms with Crippen molar-refractivity contribution in [3.63, 3.8) is 0 Å². The third-order valence-corrected chi connectivity index (χ3v) is 5.39. The van der Waals surface area contributed by atoms with Gasteiger partial charge in [0.05, 0.1) is 18.1 Å². The van der Waals surface area contributed by atoms with Gasteiger partial charge < -0.3 is 5.73 Å².